The quantitative estimate of drug-likeness (QED) is 0.927. The van der Waals surface area contributed by atoms with Crippen LogP contribution in [-0.2, 0) is 11.2 Å². The zero-order chi connectivity index (χ0) is 14.7. The van der Waals surface area contributed by atoms with Gasteiger partial charge in [-0.3, -0.25) is 0 Å². The standard InChI is InChI=1S/C16H25ClN2O/c1-4-15(18)7-13-5-6-14(17)8-16(13)19-9-11(2)20-12(3)10-19/h5-6,8,11-12,15H,4,7,9-10,18H2,1-3H3/t11-,12+,15?. The van der Waals surface area contributed by atoms with Gasteiger partial charge in [0, 0.05) is 29.8 Å². The van der Waals surface area contributed by atoms with Crippen molar-refractivity contribution in [3.8, 4) is 0 Å². The second-order valence-corrected chi connectivity index (χ2v) is 6.24. The highest BCUT2D eigenvalue weighted by Gasteiger charge is 2.24. The number of ether oxygens (including phenoxy) is 1. The molecular formula is C16H25ClN2O. The third-order valence-corrected chi connectivity index (χ3v) is 4.05. The van der Waals surface area contributed by atoms with E-state index in [4.69, 9.17) is 22.1 Å². The summed E-state index contributed by atoms with van der Waals surface area (Å²) in [5, 5.41) is 0.778. The highest BCUT2D eigenvalue weighted by atomic mass is 35.5. The molecule has 112 valence electrons. The van der Waals surface area contributed by atoms with Gasteiger partial charge in [-0.15, -0.1) is 0 Å². The molecule has 1 heterocycles. The van der Waals surface area contributed by atoms with Gasteiger partial charge in [0.05, 0.1) is 12.2 Å². The van der Waals surface area contributed by atoms with Gasteiger partial charge in [0.15, 0.2) is 0 Å². The zero-order valence-corrected chi connectivity index (χ0v) is 13.4. The number of hydrogen-bond acceptors (Lipinski definition) is 3. The molecule has 0 aliphatic carbocycles. The average molecular weight is 297 g/mol. The molecule has 1 unspecified atom stereocenters. The van der Waals surface area contributed by atoms with Crippen molar-refractivity contribution >= 4 is 17.3 Å². The van der Waals surface area contributed by atoms with Gasteiger partial charge < -0.3 is 15.4 Å². The molecule has 3 nitrogen and oxygen atoms in total. The van der Waals surface area contributed by atoms with Crippen LogP contribution in [0.4, 0.5) is 5.69 Å². The molecule has 1 fully saturated rings. The van der Waals surface area contributed by atoms with E-state index in [0.717, 1.165) is 31.0 Å². The number of halogens is 1. The van der Waals surface area contributed by atoms with Crippen LogP contribution in [0, 0.1) is 0 Å². The van der Waals surface area contributed by atoms with Gasteiger partial charge in [0.25, 0.3) is 0 Å². The van der Waals surface area contributed by atoms with Crippen LogP contribution in [0.25, 0.3) is 0 Å². The van der Waals surface area contributed by atoms with Crippen LogP contribution in [-0.4, -0.2) is 31.3 Å². The predicted octanol–water partition coefficient (Wildman–Crippen LogP) is 3.23. The van der Waals surface area contributed by atoms with E-state index in [2.05, 4.69) is 37.8 Å². The molecule has 1 saturated heterocycles. The Kier molecular flexibility index (Phi) is 5.30. The van der Waals surface area contributed by atoms with E-state index in [0.29, 0.717) is 0 Å². The van der Waals surface area contributed by atoms with E-state index in [1.54, 1.807) is 0 Å². The third-order valence-electron chi connectivity index (χ3n) is 3.81. The van der Waals surface area contributed by atoms with E-state index < -0.39 is 0 Å². The lowest BCUT2D eigenvalue weighted by atomic mass is 10.0. The maximum Gasteiger partial charge on any atom is 0.0726 e. The molecule has 0 aromatic heterocycles. The van der Waals surface area contributed by atoms with Gasteiger partial charge in [-0.05, 0) is 44.4 Å². The normalized spacial score (nSPS) is 24.8. The summed E-state index contributed by atoms with van der Waals surface area (Å²) < 4.78 is 5.81. The lowest BCUT2D eigenvalue weighted by Crippen LogP contribution is -2.46. The number of hydrogen-bond donors (Lipinski definition) is 1. The van der Waals surface area contributed by atoms with Gasteiger partial charge >= 0.3 is 0 Å². The molecule has 0 bridgehead atoms. The molecule has 2 rings (SSSR count). The fraction of sp³-hybridized carbons (Fsp3) is 0.625. The maximum absolute atomic E-state index is 6.19. The summed E-state index contributed by atoms with van der Waals surface area (Å²) in [6.45, 7) is 8.16. The first-order chi connectivity index (χ1) is 9.49. The lowest BCUT2D eigenvalue weighted by Gasteiger charge is -2.38. The van der Waals surface area contributed by atoms with Crippen molar-refractivity contribution in [1.29, 1.82) is 0 Å². The van der Waals surface area contributed by atoms with Crippen molar-refractivity contribution in [2.75, 3.05) is 18.0 Å². The number of nitrogens with two attached hydrogens (primary N) is 1. The van der Waals surface area contributed by atoms with Crippen molar-refractivity contribution in [1.82, 2.24) is 0 Å². The number of benzene rings is 1. The lowest BCUT2D eigenvalue weighted by molar-refractivity contribution is -0.00526. The molecule has 1 aliphatic rings. The van der Waals surface area contributed by atoms with Gasteiger partial charge in [-0.1, -0.05) is 24.6 Å². The highest BCUT2D eigenvalue weighted by Crippen LogP contribution is 2.28. The van der Waals surface area contributed by atoms with E-state index in [1.807, 2.05) is 6.07 Å². The highest BCUT2D eigenvalue weighted by molar-refractivity contribution is 6.30. The van der Waals surface area contributed by atoms with Crippen LogP contribution in [0.1, 0.15) is 32.8 Å². The molecule has 3 atom stereocenters. The average Bonchev–Trinajstić information content (AvgIpc) is 2.39. The Bertz CT molecular complexity index is 442. The Balaban J connectivity index is 2.26. The second kappa shape index (κ2) is 6.79. The van der Waals surface area contributed by atoms with Crippen molar-refractivity contribution in [2.24, 2.45) is 5.73 Å². The molecular weight excluding hydrogens is 272 g/mol. The number of anilines is 1. The molecule has 20 heavy (non-hydrogen) atoms. The summed E-state index contributed by atoms with van der Waals surface area (Å²) in [7, 11) is 0. The molecule has 0 spiro atoms. The number of rotatable bonds is 4. The number of nitrogens with zero attached hydrogens (tertiary/aromatic N) is 1. The molecule has 0 saturated carbocycles. The molecule has 2 N–H and O–H groups in total. The minimum absolute atomic E-state index is 0.200. The van der Waals surface area contributed by atoms with E-state index >= 15 is 0 Å². The van der Waals surface area contributed by atoms with Crippen LogP contribution >= 0.6 is 11.6 Å². The van der Waals surface area contributed by atoms with Crippen molar-refractivity contribution in [2.45, 2.75) is 51.9 Å². The molecule has 1 aromatic carbocycles. The number of morpholine rings is 1. The van der Waals surface area contributed by atoms with Crippen molar-refractivity contribution in [3.63, 3.8) is 0 Å². The van der Waals surface area contributed by atoms with Crippen LogP contribution < -0.4 is 10.6 Å². The Labute approximate surface area is 127 Å². The summed E-state index contributed by atoms with van der Waals surface area (Å²) in [4.78, 5) is 2.38. The van der Waals surface area contributed by atoms with Gasteiger partial charge in [-0.2, -0.15) is 0 Å². The Morgan fingerprint density at radius 1 is 1.35 bits per heavy atom. The Hall–Kier alpha value is -0.770. The molecule has 1 aliphatic heterocycles. The van der Waals surface area contributed by atoms with Crippen molar-refractivity contribution in [3.05, 3.63) is 28.8 Å². The molecule has 0 radical (unpaired) electrons. The first-order valence-corrected chi connectivity index (χ1v) is 7.81. The second-order valence-electron chi connectivity index (χ2n) is 5.81. The van der Waals surface area contributed by atoms with Crippen molar-refractivity contribution < 1.29 is 4.74 Å². The van der Waals surface area contributed by atoms with E-state index in [9.17, 15) is 0 Å². The third kappa shape index (κ3) is 3.87. The summed E-state index contributed by atoms with van der Waals surface area (Å²) in [6.07, 6.45) is 2.36. The molecule has 4 heteroatoms. The topological polar surface area (TPSA) is 38.5 Å². The minimum atomic E-state index is 0.200. The van der Waals surface area contributed by atoms with Gasteiger partial charge in [0.1, 0.15) is 0 Å². The Morgan fingerprint density at radius 2 is 2.00 bits per heavy atom. The van der Waals surface area contributed by atoms with Crippen LogP contribution in [0.5, 0.6) is 0 Å². The summed E-state index contributed by atoms with van der Waals surface area (Å²) in [5.74, 6) is 0. The van der Waals surface area contributed by atoms with Gasteiger partial charge in [0.2, 0.25) is 0 Å². The smallest absolute Gasteiger partial charge is 0.0726 e. The molecule has 1 aromatic rings. The van der Waals surface area contributed by atoms with Crippen LogP contribution in [0.3, 0.4) is 0 Å². The Morgan fingerprint density at radius 3 is 2.60 bits per heavy atom. The fourth-order valence-corrected chi connectivity index (χ4v) is 2.97. The van der Waals surface area contributed by atoms with Gasteiger partial charge in [-0.25, -0.2) is 0 Å². The largest absolute Gasteiger partial charge is 0.372 e. The van der Waals surface area contributed by atoms with E-state index in [1.165, 1.54) is 11.3 Å². The minimum Gasteiger partial charge on any atom is -0.372 e. The maximum atomic E-state index is 6.19. The summed E-state index contributed by atoms with van der Waals surface area (Å²) >= 11 is 6.19. The fourth-order valence-electron chi connectivity index (χ4n) is 2.81. The van der Waals surface area contributed by atoms with Crippen LogP contribution in [0.2, 0.25) is 5.02 Å². The zero-order valence-electron chi connectivity index (χ0n) is 12.6. The monoisotopic (exact) mass is 296 g/mol. The molecule has 0 amide bonds. The predicted molar refractivity (Wildman–Crippen MR) is 85.6 cm³/mol. The van der Waals surface area contributed by atoms with Crippen LogP contribution in [0.15, 0.2) is 18.2 Å². The first-order valence-electron chi connectivity index (χ1n) is 7.44. The SMILES string of the molecule is CCC(N)Cc1ccc(Cl)cc1N1C[C@@H](C)O[C@@H](C)C1. The van der Waals surface area contributed by atoms with E-state index in [-0.39, 0.29) is 18.2 Å². The summed E-state index contributed by atoms with van der Waals surface area (Å²) in [6, 6.07) is 6.32. The first kappa shape index (κ1) is 15.6. The summed E-state index contributed by atoms with van der Waals surface area (Å²) in [5.41, 5.74) is 8.61.